The van der Waals surface area contributed by atoms with E-state index in [-0.39, 0.29) is 5.91 Å². The highest BCUT2D eigenvalue weighted by atomic mass is 32.1. The Morgan fingerprint density at radius 3 is 2.50 bits per heavy atom. The number of carbonyl (C=O) groups excluding carboxylic acids is 1. The third-order valence-corrected chi connectivity index (χ3v) is 3.14. The fourth-order valence-corrected chi connectivity index (χ4v) is 2.14. The van der Waals surface area contributed by atoms with Crippen molar-refractivity contribution < 1.29 is 4.79 Å². The van der Waals surface area contributed by atoms with Gasteiger partial charge < -0.3 is 10.6 Å². The van der Waals surface area contributed by atoms with Crippen molar-refractivity contribution in [2.24, 2.45) is 5.73 Å². The number of carbonyl (C=O) groups is 1. The van der Waals surface area contributed by atoms with Gasteiger partial charge in [-0.15, -0.1) is 0 Å². The molecule has 0 fully saturated rings. The summed E-state index contributed by atoms with van der Waals surface area (Å²) in [4.78, 5) is 14.5. The van der Waals surface area contributed by atoms with Gasteiger partial charge in [0.15, 0.2) is 0 Å². The van der Waals surface area contributed by atoms with E-state index in [1.165, 1.54) is 0 Å². The molecule has 0 heterocycles. The van der Waals surface area contributed by atoms with Crippen molar-refractivity contribution in [3.8, 4) is 0 Å². The van der Waals surface area contributed by atoms with Gasteiger partial charge in [-0.2, -0.15) is 0 Å². The molecule has 0 bridgehead atoms. The third-order valence-electron chi connectivity index (χ3n) is 3.00. The first-order valence-corrected chi connectivity index (χ1v) is 6.69. The first-order chi connectivity index (χ1) is 9.58. The van der Waals surface area contributed by atoms with Gasteiger partial charge in [-0.3, -0.25) is 4.79 Å². The first kappa shape index (κ1) is 14.2. The van der Waals surface area contributed by atoms with E-state index in [0.717, 1.165) is 11.3 Å². The molecule has 2 rings (SSSR count). The minimum Gasteiger partial charge on any atom is -0.393 e. The van der Waals surface area contributed by atoms with E-state index < -0.39 is 0 Å². The molecule has 0 aromatic heterocycles. The molecule has 2 N–H and O–H groups in total. The van der Waals surface area contributed by atoms with Crippen molar-refractivity contribution in [2.75, 3.05) is 11.9 Å². The number of thiocarbonyl (C=S) groups is 1. The summed E-state index contributed by atoms with van der Waals surface area (Å²) >= 11 is 4.90. The number of hydrogen-bond donors (Lipinski definition) is 1. The lowest BCUT2D eigenvalue weighted by Crippen LogP contribution is -2.26. The summed E-state index contributed by atoms with van der Waals surface area (Å²) in [6.45, 7) is 0. The highest BCUT2D eigenvalue weighted by Crippen LogP contribution is 2.15. The number of hydrogen-bond acceptors (Lipinski definition) is 2. The molecule has 0 saturated heterocycles. The zero-order valence-corrected chi connectivity index (χ0v) is 12.1. The van der Waals surface area contributed by atoms with Crippen molar-refractivity contribution in [3.05, 3.63) is 65.7 Å². The average molecular weight is 284 g/mol. The zero-order chi connectivity index (χ0) is 14.5. The molecule has 0 spiro atoms. The van der Waals surface area contributed by atoms with Crippen LogP contribution in [0, 0.1) is 0 Å². The van der Waals surface area contributed by atoms with Crippen LogP contribution in [0.3, 0.4) is 0 Å². The number of nitrogens with zero attached hydrogens (tertiary/aromatic N) is 1. The zero-order valence-electron chi connectivity index (χ0n) is 11.2. The second kappa shape index (κ2) is 6.30. The first-order valence-electron chi connectivity index (χ1n) is 6.28. The van der Waals surface area contributed by atoms with Gasteiger partial charge in [0.1, 0.15) is 0 Å². The Morgan fingerprint density at radius 2 is 1.85 bits per heavy atom. The van der Waals surface area contributed by atoms with Crippen LogP contribution in [0.2, 0.25) is 0 Å². The van der Waals surface area contributed by atoms with Crippen LogP contribution in [-0.2, 0) is 6.42 Å². The minimum absolute atomic E-state index is 0.0546. The lowest BCUT2D eigenvalue weighted by Gasteiger charge is -2.17. The number of amides is 1. The van der Waals surface area contributed by atoms with E-state index in [9.17, 15) is 4.79 Å². The maximum absolute atomic E-state index is 12.4. The Hall–Kier alpha value is -2.20. The van der Waals surface area contributed by atoms with Gasteiger partial charge in [0.2, 0.25) is 0 Å². The van der Waals surface area contributed by atoms with Crippen LogP contribution in [0.25, 0.3) is 0 Å². The summed E-state index contributed by atoms with van der Waals surface area (Å²) in [6.07, 6.45) is 0.505. The summed E-state index contributed by atoms with van der Waals surface area (Å²) in [6, 6.07) is 16.9. The largest absolute Gasteiger partial charge is 0.393 e. The number of para-hydroxylation sites is 1. The smallest absolute Gasteiger partial charge is 0.258 e. The Morgan fingerprint density at radius 1 is 1.15 bits per heavy atom. The van der Waals surface area contributed by atoms with Gasteiger partial charge in [0.25, 0.3) is 5.91 Å². The van der Waals surface area contributed by atoms with Gasteiger partial charge in [-0.1, -0.05) is 42.5 Å². The topological polar surface area (TPSA) is 46.3 Å². The molecule has 2 aromatic rings. The fraction of sp³-hybridized carbons (Fsp3) is 0.125. The summed E-state index contributed by atoms with van der Waals surface area (Å²) < 4.78 is 0. The molecule has 0 aliphatic heterocycles. The minimum atomic E-state index is -0.0546. The van der Waals surface area contributed by atoms with Gasteiger partial charge in [-0.25, -0.2) is 0 Å². The van der Waals surface area contributed by atoms with Crippen molar-refractivity contribution >= 4 is 28.8 Å². The van der Waals surface area contributed by atoms with E-state index in [0.29, 0.717) is 17.0 Å². The van der Waals surface area contributed by atoms with Crippen molar-refractivity contribution in [1.29, 1.82) is 0 Å². The Labute approximate surface area is 124 Å². The average Bonchev–Trinajstić information content (AvgIpc) is 2.46. The van der Waals surface area contributed by atoms with Crippen molar-refractivity contribution in [3.63, 3.8) is 0 Å². The summed E-state index contributed by atoms with van der Waals surface area (Å²) in [5, 5.41) is 0. The standard InChI is InChI=1S/C16H16N2OS/c1-18(14-8-3-2-4-9-14)16(19)13-7-5-6-12(10-13)11-15(17)20/h2-10H,11H2,1H3,(H2,17,20). The second-order valence-electron chi connectivity index (χ2n) is 4.54. The van der Waals surface area contributed by atoms with Crippen LogP contribution in [0.5, 0.6) is 0 Å². The molecule has 4 heteroatoms. The summed E-state index contributed by atoms with van der Waals surface area (Å²) in [7, 11) is 1.76. The number of nitrogens with two attached hydrogens (primary N) is 1. The number of benzene rings is 2. The lowest BCUT2D eigenvalue weighted by molar-refractivity contribution is 0.0993. The van der Waals surface area contributed by atoms with E-state index in [4.69, 9.17) is 18.0 Å². The summed E-state index contributed by atoms with van der Waals surface area (Å²) in [5.74, 6) is -0.0546. The fourth-order valence-electron chi connectivity index (χ4n) is 1.98. The molecular formula is C16H16N2OS. The van der Waals surface area contributed by atoms with E-state index >= 15 is 0 Å². The number of anilines is 1. The van der Waals surface area contributed by atoms with Crippen LogP contribution >= 0.6 is 12.2 Å². The predicted octanol–water partition coefficient (Wildman–Crippen LogP) is 2.79. The molecule has 2 aromatic carbocycles. The Bertz CT molecular complexity index is 625. The van der Waals surface area contributed by atoms with Crippen LogP contribution in [0.1, 0.15) is 15.9 Å². The molecule has 0 aliphatic rings. The van der Waals surface area contributed by atoms with E-state index in [1.54, 1.807) is 18.0 Å². The maximum atomic E-state index is 12.4. The number of rotatable bonds is 4. The molecular weight excluding hydrogens is 268 g/mol. The molecule has 0 radical (unpaired) electrons. The maximum Gasteiger partial charge on any atom is 0.258 e. The molecule has 20 heavy (non-hydrogen) atoms. The van der Waals surface area contributed by atoms with Crippen LogP contribution in [0.4, 0.5) is 5.69 Å². The van der Waals surface area contributed by atoms with E-state index in [2.05, 4.69) is 0 Å². The molecule has 3 nitrogen and oxygen atoms in total. The predicted molar refractivity (Wildman–Crippen MR) is 86.1 cm³/mol. The monoisotopic (exact) mass is 284 g/mol. The Kier molecular flexibility index (Phi) is 4.48. The molecule has 102 valence electrons. The van der Waals surface area contributed by atoms with Gasteiger partial charge in [0, 0.05) is 24.7 Å². The van der Waals surface area contributed by atoms with Crippen LogP contribution in [0.15, 0.2) is 54.6 Å². The Balaban J connectivity index is 2.23. The quantitative estimate of drug-likeness (QED) is 0.878. The third kappa shape index (κ3) is 3.42. The lowest BCUT2D eigenvalue weighted by atomic mass is 10.1. The molecule has 0 saturated carbocycles. The normalized spacial score (nSPS) is 10.1. The molecule has 0 aliphatic carbocycles. The van der Waals surface area contributed by atoms with Gasteiger partial charge in [-0.05, 0) is 29.8 Å². The van der Waals surface area contributed by atoms with Crippen molar-refractivity contribution in [1.82, 2.24) is 0 Å². The highest BCUT2D eigenvalue weighted by Gasteiger charge is 2.13. The second-order valence-corrected chi connectivity index (χ2v) is 5.07. The summed E-state index contributed by atoms with van der Waals surface area (Å²) in [5.41, 5.74) is 7.97. The van der Waals surface area contributed by atoms with Crippen LogP contribution in [-0.4, -0.2) is 17.9 Å². The van der Waals surface area contributed by atoms with E-state index in [1.807, 2.05) is 48.5 Å². The molecule has 0 unspecified atom stereocenters. The van der Waals surface area contributed by atoms with Gasteiger partial charge >= 0.3 is 0 Å². The molecule has 1 amide bonds. The SMILES string of the molecule is CN(C(=O)c1cccc(CC(N)=S)c1)c1ccccc1. The highest BCUT2D eigenvalue weighted by molar-refractivity contribution is 7.80. The molecule has 0 atom stereocenters. The van der Waals surface area contributed by atoms with Crippen LogP contribution < -0.4 is 10.6 Å². The van der Waals surface area contributed by atoms with Gasteiger partial charge in [0.05, 0.1) is 4.99 Å². The van der Waals surface area contributed by atoms with Crippen molar-refractivity contribution in [2.45, 2.75) is 6.42 Å².